The van der Waals surface area contributed by atoms with E-state index in [2.05, 4.69) is 5.32 Å². The molecule has 0 heterocycles. The van der Waals surface area contributed by atoms with Crippen molar-refractivity contribution in [3.05, 3.63) is 99.8 Å². The van der Waals surface area contributed by atoms with Crippen molar-refractivity contribution in [3.63, 3.8) is 0 Å². The van der Waals surface area contributed by atoms with Crippen LogP contribution in [-0.4, -0.2) is 50.0 Å². The summed E-state index contributed by atoms with van der Waals surface area (Å²) in [5.41, 5.74) is 1.51. The molecule has 1 aliphatic rings. The van der Waals surface area contributed by atoms with Gasteiger partial charge in [0, 0.05) is 32.0 Å². The van der Waals surface area contributed by atoms with E-state index >= 15 is 0 Å². The minimum absolute atomic E-state index is 0.0422. The van der Waals surface area contributed by atoms with Gasteiger partial charge in [0.15, 0.2) is 0 Å². The number of para-hydroxylation sites is 1. The van der Waals surface area contributed by atoms with E-state index in [9.17, 15) is 22.4 Å². The van der Waals surface area contributed by atoms with Crippen LogP contribution in [0.4, 0.5) is 10.1 Å². The Hall–Kier alpha value is -3.14. The molecule has 236 valence electrons. The summed E-state index contributed by atoms with van der Waals surface area (Å²) in [7, 11) is -3.83. The number of benzene rings is 3. The highest BCUT2D eigenvalue weighted by atomic mass is 35.5. The molecule has 0 radical (unpaired) electrons. The molecule has 7 nitrogen and oxygen atoms in total. The SMILES string of the molecule is CS(=O)(=O)N(CCCC(=O)N(Cc1ccc(Cl)c(Cl)c1)[C@H](Cc1ccccc1)C(=O)NC1CCCCC1)c1ccccc1F. The van der Waals surface area contributed by atoms with E-state index in [0.717, 1.165) is 48.2 Å². The molecule has 1 atom stereocenters. The van der Waals surface area contributed by atoms with Gasteiger partial charge in [-0.15, -0.1) is 0 Å². The number of carbonyl (C=O) groups is 2. The Morgan fingerprint density at radius 1 is 0.932 bits per heavy atom. The highest BCUT2D eigenvalue weighted by Gasteiger charge is 2.32. The largest absolute Gasteiger partial charge is 0.352 e. The molecule has 0 unspecified atom stereocenters. The van der Waals surface area contributed by atoms with Crippen LogP contribution >= 0.6 is 23.2 Å². The monoisotopic (exact) mass is 661 g/mol. The van der Waals surface area contributed by atoms with Crippen LogP contribution in [0.25, 0.3) is 0 Å². The second-order valence-corrected chi connectivity index (χ2v) is 13.9. The minimum Gasteiger partial charge on any atom is -0.352 e. The van der Waals surface area contributed by atoms with Crippen molar-refractivity contribution in [1.29, 1.82) is 0 Å². The fourth-order valence-corrected chi connectivity index (χ4v) is 6.86. The second-order valence-electron chi connectivity index (χ2n) is 11.2. The molecule has 0 spiro atoms. The van der Waals surface area contributed by atoms with Crippen molar-refractivity contribution in [2.24, 2.45) is 0 Å². The summed E-state index contributed by atoms with van der Waals surface area (Å²) in [4.78, 5) is 29.5. The summed E-state index contributed by atoms with van der Waals surface area (Å²) in [6, 6.07) is 19.4. The molecule has 4 rings (SSSR count). The van der Waals surface area contributed by atoms with Crippen LogP contribution in [-0.2, 0) is 32.6 Å². The van der Waals surface area contributed by atoms with Crippen molar-refractivity contribution in [2.75, 3.05) is 17.1 Å². The summed E-state index contributed by atoms with van der Waals surface area (Å²) in [5.74, 6) is -1.25. The maximum Gasteiger partial charge on any atom is 0.243 e. The van der Waals surface area contributed by atoms with Crippen LogP contribution < -0.4 is 9.62 Å². The number of sulfonamides is 1. The van der Waals surface area contributed by atoms with Crippen molar-refractivity contribution in [1.82, 2.24) is 10.2 Å². The predicted molar refractivity (Wildman–Crippen MR) is 174 cm³/mol. The van der Waals surface area contributed by atoms with E-state index in [1.807, 2.05) is 30.3 Å². The second kappa shape index (κ2) is 15.7. The third kappa shape index (κ3) is 9.43. The molecule has 0 aromatic heterocycles. The van der Waals surface area contributed by atoms with E-state index in [-0.39, 0.29) is 55.9 Å². The Balaban J connectivity index is 1.61. The van der Waals surface area contributed by atoms with Crippen LogP contribution in [0.5, 0.6) is 0 Å². The lowest BCUT2D eigenvalue weighted by Gasteiger charge is -2.34. The topological polar surface area (TPSA) is 86.8 Å². The Morgan fingerprint density at radius 3 is 2.27 bits per heavy atom. The molecule has 0 saturated heterocycles. The van der Waals surface area contributed by atoms with E-state index in [0.29, 0.717) is 15.6 Å². The van der Waals surface area contributed by atoms with E-state index in [4.69, 9.17) is 23.2 Å². The van der Waals surface area contributed by atoms with Crippen LogP contribution in [0, 0.1) is 5.82 Å². The molecule has 2 amide bonds. The van der Waals surface area contributed by atoms with Crippen LogP contribution in [0.1, 0.15) is 56.1 Å². The van der Waals surface area contributed by atoms with Crippen LogP contribution in [0.2, 0.25) is 10.0 Å². The molecule has 1 N–H and O–H groups in total. The highest BCUT2D eigenvalue weighted by molar-refractivity contribution is 7.92. The predicted octanol–water partition coefficient (Wildman–Crippen LogP) is 6.77. The zero-order valence-electron chi connectivity index (χ0n) is 24.7. The zero-order valence-corrected chi connectivity index (χ0v) is 27.1. The standard InChI is InChI=1S/C33H38Cl2FN3O4S/c1-44(42,43)39(30-16-9-8-15-29(30)36)20-10-17-32(40)38(23-25-18-19-27(34)28(35)21-25)31(22-24-11-4-2-5-12-24)33(41)37-26-13-6-3-7-14-26/h2,4-5,8-9,11-12,15-16,18-19,21,26,31H,3,6-7,10,13-14,17,20,22-23H2,1H3,(H,37,41)/t31-/m1/s1. The Kier molecular flexibility index (Phi) is 12.1. The average Bonchev–Trinajstić information content (AvgIpc) is 2.99. The van der Waals surface area contributed by atoms with Gasteiger partial charge < -0.3 is 10.2 Å². The highest BCUT2D eigenvalue weighted by Crippen LogP contribution is 2.26. The molecule has 0 aliphatic heterocycles. The summed E-state index contributed by atoms with van der Waals surface area (Å²) in [6.07, 6.45) is 6.34. The number of carbonyl (C=O) groups excluding carboxylic acids is 2. The number of rotatable bonds is 13. The van der Waals surface area contributed by atoms with Crippen LogP contribution in [0.3, 0.4) is 0 Å². The Labute approximate surface area is 269 Å². The van der Waals surface area contributed by atoms with Gasteiger partial charge in [0.05, 0.1) is 22.0 Å². The third-order valence-electron chi connectivity index (χ3n) is 7.83. The number of amides is 2. The van der Waals surface area contributed by atoms with Gasteiger partial charge in [-0.05, 0) is 54.7 Å². The normalized spacial score (nSPS) is 14.5. The van der Waals surface area contributed by atoms with Gasteiger partial charge in [-0.2, -0.15) is 0 Å². The fourth-order valence-electron chi connectivity index (χ4n) is 5.57. The van der Waals surface area contributed by atoms with Crippen molar-refractivity contribution in [2.45, 2.75) is 70.0 Å². The van der Waals surface area contributed by atoms with Gasteiger partial charge in [0.1, 0.15) is 11.9 Å². The number of nitrogens with one attached hydrogen (secondary N) is 1. The maximum atomic E-state index is 14.5. The molecule has 3 aromatic rings. The van der Waals surface area contributed by atoms with Gasteiger partial charge in [-0.25, -0.2) is 12.8 Å². The maximum absolute atomic E-state index is 14.5. The zero-order chi connectivity index (χ0) is 31.7. The van der Waals surface area contributed by atoms with Gasteiger partial charge >= 0.3 is 0 Å². The first-order chi connectivity index (χ1) is 21.0. The number of halogens is 3. The minimum atomic E-state index is -3.83. The van der Waals surface area contributed by atoms with Gasteiger partial charge in [0.2, 0.25) is 21.8 Å². The fraction of sp³-hybridized carbons (Fsp3) is 0.394. The third-order valence-corrected chi connectivity index (χ3v) is 9.75. The number of hydrogen-bond donors (Lipinski definition) is 1. The molecular formula is C33H38Cl2FN3O4S. The lowest BCUT2D eigenvalue weighted by atomic mass is 9.94. The van der Waals surface area contributed by atoms with Crippen molar-refractivity contribution >= 4 is 50.7 Å². The Bertz CT molecular complexity index is 1530. The first-order valence-electron chi connectivity index (χ1n) is 14.8. The van der Waals surface area contributed by atoms with Gasteiger partial charge in [-0.3, -0.25) is 13.9 Å². The molecule has 1 fully saturated rings. The smallest absolute Gasteiger partial charge is 0.243 e. The molecule has 3 aromatic carbocycles. The Morgan fingerprint density at radius 2 is 1.61 bits per heavy atom. The van der Waals surface area contributed by atoms with Crippen molar-refractivity contribution < 1.29 is 22.4 Å². The van der Waals surface area contributed by atoms with E-state index < -0.39 is 21.9 Å². The number of nitrogens with zero attached hydrogens (tertiary/aromatic N) is 2. The average molecular weight is 663 g/mol. The summed E-state index contributed by atoms with van der Waals surface area (Å²) in [6.45, 7) is -0.0157. The summed E-state index contributed by atoms with van der Waals surface area (Å²) < 4.78 is 40.6. The van der Waals surface area contributed by atoms with E-state index in [1.165, 1.54) is 18.2 Å². The van der Waals surface area contributed by atoms with Crippen molar-refractivity contribution in [3.8, 4) is 0 Å². The van der Waals surface area contributed by atoms with Gasteiger partial charge in [-0.1, -0.05) is 91.0 Å². The van der Waals surface area contributed by atoms with E-state index in [1.54, 1.807) is 29.2 Å². The molecule has 44 heavy (non-hydrogen) atoms. The lowest BCUT2D eigenvalue weighted by molar-refractivity contribution is -0.141. The molecular weight excluding hydrogens is 624 g/mol. The van der Waals surface area contributed by atoms with Crippen LogP contribution in [0.15, 0.2) is 72.8 Å². The van der Waals surface area contributed by atoms with Gasteiger partial charge in [0.25, 0.3) is 0 Å². The summed E-state index contributed by atoms with van der Waals surface area (Å²) >= 11 is 12.5. The number of anilines is 1. The summed E-state index contributed by atoms with van der Waals surface area (Å²) in [5, 5.41) is 3.90. The quantitative estimate of drug-likeness (QED) is 0.219. The first kappa shape index (κ1) is 33.7. The lowest BCUT2D eigenvalue weighted by Crippen LogP contribution is -2.53. The molecule has 0 bridgehead atoms. The molecule has 1 aliphatic carbocycles. The number of hydrogen-bond acceptors (Lipinski definition) is 4. The molecule has 11 heteroatoms. The molecule has 1 saturated carbocycles. The first-order valence-corrected chi connectivity index (χ1v) is 17.4.